The Labute approximate surface area is 151 Å². The van der Waals surface area contributed by atoms with E-state index in [2.05, 4.69) is 54.6 Å². The van der Waals surface area contributed by atoms with Crippen molar-refractivity contribution >= 4 is 15.8 Å². The Kier molecular flexibility index (Phi) is 5.81. The first-order chi connectivity index (χ1) is 11.5. The van der Waals surface area contributed by atoms with Crippen molar-refractivity contribution in [2.75, 3.05) is 25.1 Å². The molecule has 0 radical (unpaired) electrons. The van der Waals surface area contributed by atoms with Gasteiger partial charge in [-0.15, -0.1) is 0 Å². The van der Waals surface area contributed by atoms with Gasteiger partial charge >= 0.3 is 0 Å². The summed E-state index contributed by atoms with van der Waals surface area (Å²) >= 11 is 0. The van der Waals surface area contributed by atoms with Gasteiger partial charge in [0.05, 0.1) is 28.8 Å². The first-order valence-corrected chi connectivity index (χ1v) is 10.6. The SMILES string of the molecule is CN=C(NCC1CCS(=O)(=O)C1)NC(C)c1cn(C(C)(C)C)nc1C. The molecule has 142 valence electrons. The van der Waals surface area contributed by atoms with Crippen LogP contribution >= 0.6 is 0 Å². The standard InChI is InChI=1S/C17H31N5O2S/c1-12(15-10-22(17(3,4)5)21-13(15)2)20-16(18-6)19-9-14-7-8-25(23,24)11-14/h10,12,14H,7-9,11H2,1-6H3,(H2,18,19,20). The van der Waals surface area contributed by atoms with Gasteiger partial charge in [-0.2, -0.15) is 5.10 Å². The quantitative estimate of drug-likeness (QED) is 0.622. The number of rotatable bonds is 4. The van der Waals surface area contributed by atoms with Crippen LogP contribution in [0.25, 0.3) is 0 Å². The predicted molar refractivity (Wildman–Crippen MR) is 102 cm³/mol. The fourth-order valence-electron chi connectivity index (χ4n) is 2.99. The molecule has 1 saturated heterocycles. The Morgan fingerprint density at radius 3 is 2.64 bits per heavy atom. The monoisotopic (exact) mass is 369 g/mol. The topological polar surface area (TPSA) is 88.4 Å². The highest BCUT2D eigenvalue weighted by Gasteiger charge is 2.28. The lowest BCUT2D eigenvalue weighted by Crippen LogP contribution is -2.41. The third-order valence-electron chi connectivity index (χ3n) is 4.55. The number of sulfone groups is 1. The summed E-state index contributed by atoms with van der Waals surface area (Å²) in [5, 5.41) is 11.2. The molecular formula is C17H31N5O2S. The third kappa shape index (κ3) is 5.20. The van der Waals surface area contributed by atoms with Crippen molar-refractivity contribution in [1.82, 2.24) is 20.4 Å². The Bertz CT molecular complexity index is 731. The molecule has 0 saturated carbocycles. The molecule has 8 heteroatoms. The van der Waals surface area contributed by atoms with Crippen molar-refractivity contribution in [1.29, 1.82) is 0 Å². The summed E-state index contributed by atoms with van der Waals surface area (Å²) in [6, 6.07) is 0.0506. The highest BCUT2D eigenvalue weighted by Crippen LogP contribution is 2.21. The van der Waals surface area contributed by atoms with Crippen LogP contribution in [-0.2, 0) is 15.4 Å². The predicted octanol–water partition coefficient (Wildman–Crippen LogP) is 1.61. The molecule has 2 unspecified atom stereocenters. The van der Waals surface area contributed by atoms with Gasteiger partial charge in [0.25, 0.3) is 0 Å². The van der Waals surface area contributed by atoms with Crippen LogP contribution in [0.15, 0.2) is 11.2 Å². The lowest BCUT2D eigenvalue weighted by atomic mass is 10.1. The second-order valence-electron chi connectivity index (χ2n) is 7.87. The molecule has 1 aromatic heterocycles. The number of nitrogens with one attached hydrogen (secondary N) is 2. The molecule has 0 amide bonds. The first-order valence-electron chi connectivity index (χ1n) is 8.76. The molecule has 0 spiro atoms. The molecule has 2 N–H and O–H groups in total. The molecule has 7 nitrogen and oxygen atoms in total. The van der Waals surface area contributed by atoms with Crippen LogP contribution in [0.5, 0.6) is 0 Å². The van der Waals surface area contributed by atoms with Crippen LogP contribution in [0.3, 0.4) is 0 Å². The number of hydrogen-bond acceptors (Lipinski definition) is 4. The molecule has 1 aliphatic heterocycles. The summed E-state index contributed by atoms with van der Waals surface area (Å²) in [4.78, 5) is 4.25. The summed E-state index contributed by atoms with van der Waals surface area (Å²) in [5.74, 6) is 1.40. The van der Waals surface area contributed by atoms with Crippen LogP contribution in [0.4, 0.5) is 0 Å². The van der Waals surface area contributed by atoms with Gasteiger partial charge < -0.3 is 10.6 Å². The van der Waals surface area contributed by atoms with Crippen LogP contribution in [0, 0.1) is 12.8 Å². The lowest BCUT2D eigenvalue weighted by Gasteiger charge is -2.20. The number of nitrogens with zero attached hydrogens (tertiary/aromatic N) is 3. The van der Waals surface area contributed by atoms with Crippen molar-refractivity contribution in [3.05, 3.63) is 17.5 Å². The zero-order valence-electron chi connectivity index (χ0n) is 16.1. The fraction of sp³-hybridized carbons (Fsp3) is 0.765. The van der Waals surface area contributed by atoms with Crippen molar-refractivity contribution in [3.63, 3.8) is 0 Å². The van der Waals surface area contributed by atoms with E-state index < -0.39 is 9.84 Å². The van der Waals surface area contributed by atoms with Gasteiger partial charge in [0.15, 0.2) is 15.8 Å². The fourth-order valence-corrected chi connectivity index (χ4v) is 4.86. The van der Waals surface area contributed by atoms with Gasteiger partial charge in [0.1, 0.15) is 0 Å². The van der Waals surface area contributed by atoms with Gasteiger partial charge in [-0.1, -0.05) is 0 Å². The summed E-state index contributed by atoms with van der Waals surface area (Å²) in [6.07, 6.45) is 2.79. The molecular weight excluding hydrogens is 338 g/mol. The highest BCUT2D eigenvalue weighted by molar-refractivity contribution is 7.91. The Hall–Kier alpha value is -1.57. The second kappa shape index (κ2) is 7.35. The van der Waals surface area contributed by atoms with E-state index in [1.165, 1.54) is 0 Å². The zero-order valence-corrected chi connectivity index (χ0v) is 16.9. The van der Waals surface area contributed by atoms with Gasteiger partial charge in [-0.05, 0) is 47.0 Å². The minimum absolute atomic E-state index is 0.0506. The van der Waals surface area contributed by atoms with Crippen LogP contribution < -0.4 is 10.6 Å². The number of aromatic nitrogens is 2. The van der Waals surface area contributed by atoms with Crippen molar-refractivity contribution < 1.29 is 8.42 Å². The molecule has 2 rings (SSSR count). The second-order valence-corrected chi connectivity index (χ2v) is 10.1. The Morgan fingerprint density at radius 1 is 1.48 bits per heavy atom. The highest BCUT2D eigenvalue weighted by atomic mass is 32.2. The zero-order chi connectivity index (χ0) is 18.8. The number of aryl methyl sites for hydroxylation is 1. The number of aliphatic imine (C=N–C) groups is 1. The van der Waals surface area contributed by atoms with Gasteiger partial charge in [0.2, 0.25) is 0 Å². The maximum Gasteiger partial charge on any atom is 0.191 e. The number of hydrogen-bond donors (Lipinski definition) is 2. The summed E-state index contributed by atoms with van der Waals surface area (Å²) in [6.45, 7) is 11.1. The van der Waals surface area contributed by atoms with Gasteiger partial charge in [-0.3, -0.25) is 9.67 Å². The van der Waals surface area contributed by atoms with E-state index in [0.717, 1.165) is 17.7 Å². The van der Waals surface area contributed by atoms with E-state index in [1.807, 2.05) is 11.6 Å². The number of guanidine groups is 1. The summed E-state index contributed by atoms with van der Waals surface area (Å²) in [7, 11) is -1.12. The van der Waals surface area contributed by atoms with Gasteiger partial charge in [-0.25, -0.2) is 8.42 Å². The largest absolute Gasteiger partial charge is 0.356 e. The molecule has 0 aliphatic carbocycles. The minimum atomic E-state index is -2.84. The van der Waals surface area contributed by atoms with E-state index in [-0.39, 0.29) is 23.3 Å². The molecule has 0 bridgehead atoms. The average molecular weight is 370 g/mol. The van der Waals surface area contributed by atoms with E-state index in [4.69, 9.17) is 0 Å². The van der Waals surface area contributed by atoms with Gasteiger partial charge in [0, 0.05) is 25.4 Å². The lowest BCUT2D eigenvalue weighted by molar-refractivity contribution is 0.353. The summed E-state index contributed by atoms with van der Waals surface area (Å²) < 4.78 is 25.1. The third-order valence-corrected chi connectivity index (χ3v) is 6.39. The Morgan fingerprint density at radius 2 is 2.16 bits per heavy atom. The molecule has 1 fully saturated rings. The molecule has 2 heterocycles. The molecule has 0 aromatic carbocycles. The van der Waals surface area contributed by atoms with Crippen molar-refractivity contribution in [3.8, 4) is 0 Å². The van der Waals surface area contributed by atoms with Crippen molar-refractivity contribution in [2.45, 2.75) is 52.6 Å². The summed E-state index contributed by atoms with van der Waals surface area (Å²) in [5.41, 5.74) is 2.06. The smallest absolute Gasteiger partial charge is 0.191 e. The normalized spacial score (nSPS) is 22.0. The van der Waals surface area contributed by atoms with E-state index in [0.29, 0.717) is 18.3 Å². The van der Waals surface area contributed by atoms with Crippen LogP contribution in [-0.4, -0.2) is 49.3 Å². The molecule has 25 heavy (non-hydrogen) atoms. The average Bonchev–Trinajstić information content (AvgIpc) is 3.05. The molecule has 1 aliphatic rings. The van der Waals surface area contributed by atoms with Crippen LogP contribution in [0.1, 0.15) is 51.4 Å². The first kappa shape index (κ1) is 19.8. The maximum absolute atomic E-state index is 11.6. The Balaban J connectivity index is 1.96. The molecule has 2 atom stereocenters. The van der Waals surface area contributed by atoms with Crippen molar-refractivity contribution in [2.24, 2.45) is 10.9 Å². The van der Waals surface area contributed by atoms with E-state index in [1.54, 1.807) is 7.05 Å². The molecule has 1 aromatic rings. The van der Waals surface area contributed by atoms with E-state index >= 15 is 0 Å². The maximum atomic E-state index is 11.6. The minimum Gasteiger partial charge on any atom is -0.356 e. The van der Waals surface area contributed by atoms with Crippen LogP contribution in [0.2, 0.25) is 0 Å². The van der Waals surface area contributed by atoms with E-state index in [9.17, 15) is 8.42 Å².